The Kier molecular flexibility index (Phi) is 4.70. The average molecular weight is 394 g/mol. The monoisotopic (exact) mass is 394 g/mol. The van der Waals surface area contributed by atoms with Crippen LogP contribution in [-0.4, -0.2) is 20.4 Å². The van der Waals surface area contributed by atoms with Crippen molar-refractivity contribution in [1.82, 2.24) is 14.5 Å². The Labute approximate surface area is 163 Å². The molecule has 28 heavy (non-hydrogen) atoms. The van der Waals surface area contributed by atoms with Crippen LogP contribution in [0.25, 0.3) is 21.5 Å². The third-order valence-electron chi connectivity index (χ3n) is 4.12. The molecule has 8 heteroatoms. The summed E-state index contributed by atoms with van der Waals surface area (Å²) in [5.74, 6) is -0.729. The quantitative estimate of drug-likeness (QED) is 0.574. The molecule has 0 saturated carbocycles. The molecule has 2 heterocycles. The minimum Gasteiger partial charge on any atom is -0.300 e. The SMILES string of the molecule is Cc1ccc2nc(NC(=O)Cn3cnc(-c4ccc(F)cc4)cc3=O)sc2c1. The van der Waals surface area contributed by atoms with Gasteiger partial charge in [0.15, 0.2) is 5.13 Å². The number of carbonyl (C=O) groups excluding carboxylic acids is 1. The molecule has 0 saturated heterocycles. The lowest BCUT2D eigenvalue weighted by Crippen LogP contribution is -2.27. The van der Waals surface area contributed by atoms with Gasteiger partial charge in [0.05, 0.1) is 22.2 Å². The highest BCUT2D eigenvalue weighted by Gasteiger charge is 2.10. The predicted octanol–water partition coefficient (Wildman–Crippen LogP) is 3.61. The highest BCUT2D eigenvalue weighted by Crippen LogP contribution is 2.26. The number of carbonyl (C=O) groups is 1. The van der Waals surface area contributed by atoms with Gasteiger partial charge in [0, 0.05) is 11.6 Å². The molecule has 4 rings (SSSR count). The fourth-order valence-corrected chi connectivity index (χ4v) is 3.70. The smallest absolute Gasteiger partial charge is 0.254 e. The van der Waals surface area contributed by atoms with Crippen molar-refractivity contribution in [2.45, 2.75) is 13.5 Å². The lowest BCUT2D eigenvalue weighted by Gasteiger charge is -2.06. The molecular weight excluding hydrogens is 379 g/mol. The summed E-state index contributed by atoms with van der Waals surface area (Å²) in [6.07, 6.45) is 1.31. The van der Waals surface area contributed by atoms with E-state index in [9.17, 15) is 14.0 Å². The second kappa shape index (κ2) is 7.32. The number of benzene rings is 2. The Morgan fingerprint density at radius 1 is 1.18 bits per heavy atom. The fourth-order valence-electron chi connectivity index (χ4n) is 2.72. The Balaban J connectivity index is 1.49. The van der Waals surface area contributed by atoms with Crippen LogP contribution in [0.3, 0.4) is 0 Å². The summed E-state index contributed by atoms with van der Waals surface area (Å²) in [6, 6.07) is 12.9. The molecule has 1 N–H and O–H groups in total. The van der Waals surface area contributed by atoms with Gasteiger partial charge >= 0.3 is 0 Å². The van der Waals surface area contributed by atoms with Crippen LogP contribution in [0.15, 0.2) is 59.7 Å². The molecule has 0 aliphatic heterocycles. The van der Waals surface area contributed by atoms with E-state index in [1.54, 1.807) is 12.1 Å². The number of aryl methyl sites for hydroxylation is 1. The zero-order valence-corrected chi connectivity index (χ0v) is 15.7. The second-order valence-corrected chi connectivity index (χ2v) is 7.32. The summed E-state index contributed by atoms with van der Waals surface area (Å²) in [7, 11) is 0. The van der Waals surface area contributed by atoms with Crippen molar-refractivity contribution in [1.29, 1.82) is 0 Å². The van der Waals surface area contributed by atoms with Crippen LogP contribution in [-0.2, 0) is 11.3 Å². The first kappa shape index (κ1) is 18.0. The van der Waals surface area contributed by atoms with E-state index in [1.807, 2.05) is 25.1 Å². The lowest BCUT2D eigenvalue weighted by atomic mass is 10.1. The van der Waals surface area contributed by atoms with Gasteiger partial charge in [-0.15, -0.1) is 0 Å². The van der Waals surface area contributed by atoms with Gasteiger partial charge in [0.2, 0.25) is 5.91 Å². The predicted molar refractivity (Wildman–Crippen MR) is 107 cm³/mol. The number of nitrogens with zero attached hydrogens (tertiary/aromatic N) is 3. The molecule has 1 amide bonds. The molecule has 0 bridgehead atoms. The highest BCUT2D eigenvalue weighted by atomic mass is 32.1. The Bertz CT molecular complexity index is 1230. The number of hydrogen-bond acceptors (Lipinski definition) is 5. The number of hydrogen-bond donors (Lipinski definition) is 1. The molecule has 6 nitrogen and oxygen atoms in total. The summed E-state index contributed by atoms with van der Waals surface area (Å²) < 4.78 is 15.2. The number of halogens is 1. The molecule has 0 unspecified atom stereocenters. The molecule has 0 aliphatic rings. The van der Waals surface area contributed by atoms with Gasteiger partial charge < -0.3 is 5.32 Å². The van der Waals surface area contributed by atoms with Crippen LogP contribution in [0, 0.1) is 12.7 Å². The van der Waals surface area contributed by atoms with Crippen molar-refractivity contribution in [3.8, 4) is 11.3 Å². The van der Waals surface area contributed by atoms with Crippen LogP contribution < -0.4 is 10.9 Å². The third-order valence-corrected chi connectivity index (χ3v) is 5.06. The summed E-state index contributed by atoms with van der Waals surface area (Å²) in [5.41, 5.74) is 2.61. The standard InChI is InChI=1S/C20H15FN4O2S/c1-12-2-7-15-17(8-12)28-20(23-15)24-18(26)10-25-11-22-16(9-19(25)27)13-3-5-14(21)6-4-13/h2-9,11H,10H2,1H3,(H,23,24,26). The normalized spacial score (nSPS) is 10.9. The van der Waals surface area contributed by atoms with Gasteiger partial charge in [-0.1, -0.05) is 17.4 Å². The molecule has 140 valence electrons. The maximum Gasteiger partial charge on any atom is 0.254 e. The Hall–Kier alpha value is -3.39. The molecule has 0 spiro atoms. The van der Waals surface area contributed by atoms with Crippen molar-refractivity contribution in [2.75, 3.05) is 5.32 Å². The number of rotatable bonds is 4. The van der Waals surface area contributed by atoms with Crippen molar-refractivity contribution in [3.63, 3.8) is 0 Å². The van der Waals surface area contributed by atoms with Crippen molar-refractivity contribution in [2.24, 2.45) is 0 Å². The Morgan fingerprint density at radius 3 is 2.71 bits per heavy atom. The molecular formula is C20H15FN4O2S. The molecule has 2 aromatic heterocycles. The van der Waals surface area contributed by atoms with Crippen LogP contribution in [0.5, 0.6) is 0 Å². The van der Waals surface area contributed by atoms with Gasteiger partial charge in [-0.25, -0.2) is 14.4 Å². The van der Waals surface area contributed by atoms with Crippen LogP contribution >= 0.6 is 11.3 Å². The average Bonchev–Trinajstić information content (AvgIpc) is 3.05. The number of amides is 1. The first-order valence-corrected chi connectivity index (χ1v) is 9.29. The molecule has 0 radical (unpaired) electrons. The number of nitrogens with one attached hydrogen (secondary N) is 1. The molecule has 4 aromatic rings. The third kappa shape index (κ3) is 3.81. The fraction of sp³-hybridized carbons (Fsp3) is 0.100. The molecule has 0 aliphatic carbocycles. The zero-order chi connectivity index (χ0) is 19.7. The van der Waals surface area contributed by atoms with Gasteiger partial charge in [0.1, 0.15) is 12.4 Å². The van der Waals surface area contributed by atoms with E-state index in [0.717, 1.165) is 15.8 Å². The van der Waals surface area contributed by atoms with Crippen LogP contribution in [0.4, 0.5) is 9.52 Å². The summed E-state index contributed by atoms with van der Waals surface area (Å²) in [6.45, 7) is 1.82. The zero-order valence-electron chi connectivity index (χ0n) is 14.8. The summed E-state index contributed by atoms with van der Waals surface area (Å²) >= 11 is 1.38. The molecule has 0 fully saturated rings. The summed E-state index contributed by atoms with van der Waals surface area (Å²) in [4.78, 5) is 33.2. The topological polar surface area (TPSA) is 76.9 Å². The number of fused-ring (bicyclic) bond motifs is 1. The minimum atomic E-state index is -0.371. The first-order valence-electron chi connectivity index (χ1n) is 8.47. The lowest BCUT2D eigenvalue weighted by molar-refractivity contribution is -0.116. The van der Waals surface area contributed by atoms with Gasteiger partial charge in [-0.2, -0.15) is 0 Å². The molecule has 0 atom stereocenters. The van der Waals surface area contributed by atoms with E-state index >= 15 is 0 Å². The number of thiazole rings is 1. The molecule has 2 aromatic carbocycles. The minimum absolute atomic E-state index is 0.176. The second-order valence-electron chi connectivity index (χ2n) is 6.29. The van der Waals surface area contributed by atoms with E-state index in [2.05, 4.69) is 15.3 Å². The van der Waals surface area contributed by atoms with E-state index in [4.69, 9.17) is 0 Å². The van der Waals surface area contributed by atoms with E-state index < -0.39 is 0 Å². The van der Waals surface area contributed by atoms with Crippen molar-refractivity contribution < 1.29 is 9.18 Å². The van der Waals surface area contributed by atoms with E-state index in [0.29, 0.717) is 16.4 Å². The van der Waals surface area contributed by atoms with Gasteiger partial charge in [-0.3, -0.25) is 14.2 Å². The van der Waals surface area contributed by atoms with Crippen molar-refractivity contribution >= 4 is 32.6 Å². The van der Waals surface area contributed by atoms with Crippen LogP contribution in [0.1, 0.15) is 5.56 Å². The van der Waals surface area contributed by atoms with E-state index in [-0.39, 0.29) is 23.8 Å². The van der Waals surface area contributed by atoms with E-state index in [1.165, 1.54) is 40.4 Å². The van der Waals surface area contributed by atoms with Crippen molar-refractivity contribution in [3.05, 3.63) is 76.6 Å². The largest absolute Gasteiger partial charge is 0.300 e. The number of aromatic nitrogens is 3. The number of anilines is 1. The maximum absolute atomic E-state index is 13.0. The highest BCUT2D eigenvalue weighted by molar-refractivity contribution is 7.22. The summed E-state index contributed by atoms with van der Waals surface area (Å²) in [5, 5.41) is 3.20. The van der Waals surface area contributed by atoms with Gasteiger partial charge in [0.25, 0.3) is 5.56 Å². The Morgan fingerprint density at radius 2 is 1.96 bits per heavy atom. The first-order chi connectivity index (χ1) is 13.5. The maximum atomic E-state index is 13.0. The van der Waals surface area contributed by atoms with Crippen LogP contribution in [0.2, 0.25) is 0 Å². The van der Waals surface area contributed by atoms with Gasteiger partial charge in [-0.05, 0) is 48.9 Å².